The van der Waals surface area contributed by atoms with Gasteiger partial charge in [0.1, 0.15) is 0 Å². The first kappa shape index (κ1) is 22.3. The van der Waals surface area contributed by atoms with E-state index in [1.807, 2.05) is 59.2 Å². The molecule has 2 fully saturated rings. The number of nitrogens with one attached hydrogen (secondary N) is 1. The number of rotatable bonds is 5. The summed E-state index contributed by atoms with van der Waals surface area (Å²) >= 11 is 0. The van der Waals surface area contributed by atoms with Crippen LogP contribution in [0.15, 0.2) is 42.5 Å². The van der Waals surface area contributed by atoms with Gasteiger partial charge in [-0.2, -0.15) is 0 Å². The van der Waals surface area contributed by atoms with E-state index in [-0.39, 0.29) is 23.6 Å². The van der Waals surface area contributed by atoms with Gasteiger partial charge in [0.05, 0.1) is 12.5 Å². The molecule has 0 saturated carbocycles. The molecule has 170 valence electrons. The van der Waals surface area contributed by atoms with Crippen LogP contribution < -0.4 is 5.32 Å². The van der Waals surface area contributed by atoms with Gasteiger partial charge >= 0.3 is 0 Å². The van der Waals surface area contributed by atoms with Crippen molar-refractivity contribution < 1.29 is 14.4 Å². The Hall–Kier alpha value is -2.93. The van der Waals surface area contributed by atoms with Crippen molar-refractivity contribution in [2.45, 2.75) is 19.8 Å². The molecule has 0 aromatic heterocycles. The zero-order chi connectivity index (χ0) is 22.5. The lowest BCUT2D eigenvalue weighted by Gasteiger charge is -2.39. The van der Waals surface area contributed by atoms with E-state index in [1.54, 1.807) is 0 Å². The smallest absolute Gasteiger partial charge is 0.254 e. The molecule has 2 aromatic carbocycles. The molecule has 1 atom stereocenters. The van der Waals surface area contributed by atoms with Gasteiger partial charge in [0, 0.05) is 51.4 Å². The summed E-state index contributed by atoms with van der Waals surface area (Å²) in [6.07, 6.45) is 1.65. The van der Waals surface area contributed by atoms with Crippen molar-refractivity contribution in [3.8, 4) is 0 Å². The Morgan fingerprint density at radius 3 is 2.47 bits per heavy atom. The number of nitrogens with zero attached hydrogens (tertiary/aromatic N) is 3. The number of piperazine rings is 1. The average Bonchev–Trinajstić information content (AvgIpc) is 2.83. The number of carbonyl (C=O) groups is 3. The Labute approximate surface area is 189 Å². The zero-order valence-corrected chi connectivity index (χ0v) is 18.8. The summed E-state index contributed by atoms with van der Waals surface area (Å²) in [4.78, 5) is 44.2. The van der Waals surface area contributed by atoms with Crippen LogP contribution in [0.1, 0.15) is 30.1 Å². The predicted octanol–water partition coefficient (Wildman–Crippen LogP) is 1.97. The van der Waals surface area contributed by atoms with Crippen LogP contribution in [0.2, 0.25) is 0 Å². The minimum absolute atomic E-state index is 0.00561. The van der Waals surface area contributed by atoms with Crippen LogP contribution in [0.3, 0.4) is 0 Å². The number of hydrogen-bond acceptors (Lipinski definition) is 4. The number of fused-ring (bicyclic) bond motifs is 1. The largest absolute Gasteiger partial charge is 0.355 e. The topological polar surface area (TPSA) is 73.0 Å². The highest BCUT2D eigenvalue weighted by Gasteiger charge is 2.33. The van der Waals surface area contributed by atoms with Crippen LogP contribution in [0.5, 0.6) is 0 Å². The van der Waals surface area contributed by atoms with Gasteiger partial charge in [-0.25, -0.2) is 0 Å². The van der Waals surface area contributed by atoms with Crippen LogP contribution in [0.4, 0.5) is 0 Å². The molecule has 0 radical (unpaired) electrons. The minimum Gasteiger partial charge on any atom is -0.355 e. The lowest BCUT2D eigenvalue weighted by molar-refractivity contribution is -0.138. The number of amides is 3. The first-order chi connectivity index (χ1) is 15.6. The van der Waals surface area contributed by atoms with E-state index in [0.717, 1.165) is 23.6 Å². The van der Waals surface area contributed by atoms with Crippen molar-refractivity contribution in [1.29, 1.82) is 0 Å². The van der Waals surface area contributed by atoms with Crippen LogP contribution in [0.25, 0.3) is 10.8 Å². The Bertz CT molecular complexity index is 979. The third-order valence-corrected chi connectivity index (χ3v) is 6.50. The molecule has 0 aliphatic carbocycles. The van der Waals surface area contributed by atoms with Gasteiger partial charge < -0.3 is 15.1 Å². The average molecular weight is 437 g/mol. The fraction of sp³-hybridized carbons (Fsp3) is 0.480. The molecule has 7 heteroatoms. The number of carbonyl (C=O) groups excluding carboxylic acids is 3. The summed E-state index contributed by atoms with van der Waals surface area (Å²) in [6, 6.07) is 13.7. The Balaban J connectivity index is 1.36. The SMILES string of the molecule is CCNC(=O)CN1CCN(C(=O)C2CCCN(C(=O)c3cccc4ccccc34)C2)CC1. The van der Waals surface area contributed by atoms with Gasteiger partial charge in [-0.15, -0.1) is 0 Å². The van der Waals surface area contributed by atoms with Gasteiger partial charge in [-0.1, -0.05) is 36.4 Å². The van der Waals surface area contributed by atoms with Gasteiger partial charge in [0.25, 0.3) is 5.91 Å². The van der Waals surface area contributed by atoms with E-state index in [1.165, 1.54) is 0 Å². The number of likely N-dealkylation sites (tertiary alicyclic amines) is 1. The molecule has 2 aliphatic rings. The Morgan fingerprint density at radius 1 is 0.938 bits per heavy atom. The summed E-state index contributed by atoms with van der Waals surface area (Å²) in [7, 11) is 0. The first-order valence-electron chi connectivity index (χ1n) is 11.6. The number of benzene rings is 2. The molecule has 1 unspecified atom stereocenters. The van der Waals surface area contributed by atoms with Gasteiger partial charge in [0.15, 0.2) is 0 Å². The highest BCUT2D eigenvalue weighted by Crippen LogP contribution is 2.25. The second-order valence-corrected chi connectivity index (χ2v) is 8.67. The second kappa shape index (κ2) is 10.1. The van der Waals surface area contributed by atoms with Crippen molar-refractivity contribution in [3.05, 3.63) is 48.0 Å². The molecule has 2 aliphatic heterocycles. The molecule has 32 heavy (non-hydrogen) atoms. The van der Waals surface area contributed by atoms with Crippen molar-refractivity contribution >= 4 is 28.5 Å². The summed E-state index contributed by atoms with van der Waals surface area (Å²) in [5, 5.41) is 4.82. The summed E-state index contributed by atoms with van der Waals surface area (Å²) in [6.45, 7) is 6.75. The van der Waals surface area contributed by atoms with E-state index >= 15 is 0 Å². The van der Waals surface area contributed by atoms with E-state index in [2.05, 4.69) is 10.2 Å². The fourth-order valence-corrected chi connectivity index (χ4v) is 4.79. The molecular formula is C25H32N4O3. The van der Waals surface area contributed by atoms with E-state index < -0.39 is 0 Å². The highest BCUT2D eigenvalue weighted by atomic mass is 16.2. The van der Waals surface area contributed by atoms with Crippen molar-refractivity contribution in [2.24, 2.45) is 5.92 Å². The zero-order valence-electron chi connectivity index (χ0n) is 18.8. The third kappa shape index (κ3) is 4.93. The monoisotopic (exact) mass is 436 g/mol. The van der Waals surface area contributed by atoms with E-state index in [9.17, 15) is 14.4 Å². The maximum absolute atomic E-state index is 13.3. The second-order valence-electron chi connectivity index (χ2n) is 8.67. The molecule has 0 spiro atoms. The van der Waals surface area contributed by atoms with Crippen LogP contribution in [0, 0.1) is 5.92 Å². The fourth-order valence-electron chi connectivity index (χ4n) is 4.79. The normalized spacial score (nSPS) is 19.7. The molecule has 2 aromatic rings. The third-order valence-electron chi connectivity index (χ3n) is 6.50. The van der Waals surface area contributed by atoms with E-state index in [4.69, 9.17) is 0 Å². The molecular weight excluding hydrogens is 404 g/mol. The van der Waals surface area contributed by atoms with Gasteiger partial charge in [-0.3, -0.25) is 19.3 Å². The standard InChI is InChI=1S/C25H32N4O3/c1-2-26-23(30)18-27-13-15-28(16-14-27)24(31)20-9-6-12-29(17-20)25(32)22-11-5-8-19-7-3-4-10-21(19)22/h3-5,7-8,10-11,20H,2,6,9,12-18H2,1H3,(H,26,30). The molecule has 2 heterocycles. The highest BCUT2D eigenvalue weighted by molar-refractivity contribution is 6.07. The summed E-state index contributed by atoms with van der Waals surface area (Å²) in [5.74, 6) is 0.0175. The molecule has 3 amide bonds. The summed E-state index contributed by atoms with van der Waals surface area (Å²) in [5.41, 5.74) is 0.704. The van der Waals surface area contributed by atoms with Crippen molar-refractivity contribution in [1.82, 2.24) is 20.0 Å². The Morgan fingerprint density at radius 2 is 1.69 bits per heavy atom. The van der Waals surface area contributed by atoms with E-state index in [0.29, 0.717) is 57.9 Å². The lowest BCUT2D eigenvalue weighted by Crippen LogP contribution is -2.54. The molecule has 7 nitrogen and oxygen atoms in total. The maximum atomic E-state index is 13.3. The Kier molecular flexibility index (Phi) is 7.05. The minimum atomic E-state index is -0.155. The lowest BCUT2D eigenvalue weighted by atomic mass is 9.95. The first-order valence-corrected chi connectivity index (χ1v) is 11.6. The van der Waals surface area contributed by atoms with Crippen LogP contribution >= 0.6 is 0 Å². The number of likely N-dealkylation sites (N-methyl/N-ethyl adjacent to an activating group) is 1. The van der Waals surface area contributed by atoms with Crippen molar-refractivity contribution in [2.75, 3.05) is 52.4 Å². The molecule has 0 bridgehead atoms. The van der Waals surface area contributed by atoms with Crippen LogP contribution in [-0.4, -0.2) is 84.8 Å². The number of piperidine rings is 1. The predicted molar refractivity (Wildman–Crippen MR) is 124 cm³/mol. The van der Waals surface area contributed by atoms with Gasteiger partial charge in [-0.05, 0) is 36.6 Å². The van der Waals surface area contributed by atoms with Crippen molar-refractivity contribution in [3.63, 3.8) is 0 Å². The molecule has 1 N–H and O–H groups in total. The van der Waals surface area contributed by atoms with Gasteiger partial charge in [0.2, 0.25) is 11.8 Å². The quantitative estimate of drug-likeness (QED) is 0.778. The number of hydrogen-bond donors (Lipinski definition) is 1. The van der Waals surface area contributed by atoms with Crippen LogP contribution in [-0.2, 0) is 9.59 Å². The summed E-state index contributed by atoms with van der Waals surface area (Å²) < 4.78 is 0. The molecule has 2 saturated heterocycles. The maximum Gasteiger partial charge on any atom is 0.254 e. The molecule has 4 rings (SSSR count).